The number of benzene rings is 1. The highest BCUT2D eigenvalue weighted by molar-refractivity contribution is 7.13. The molecule has 0 unspecified atom stereocenters. The molecule has 2 heterocycles. The van der Waals surface area contributed by atoms with Gasteiger partial charge in [-0.2, -0.15) is 0 Å². The van der Waals surface area contributed by atoms with Gasteiger partial charge in [0.1, 0.15) is 0 Å². The molecule has 6 nitrogen and oxygen atoms in total. The normalized spacial score (nSPS) is 14.1. The molecule has 0 spiro atoms. The maximum Gasteiger partial charge on any atom is 0.411 e. The number of carbonyl (C=O) groups is 2. The first-order valence-corrected chi connectivity index (χ1v) is 8.53. The van der Waals surface area contributed by atoms with Crippen LogP contribution in [-0.2, 0) is 9.53 Å². The van der Waals surface area contributed by atoms with E-state index >= 15 is 0 Å². The van der Waals surface area contributed by atoms with E-state index in [4.69, 9.17) is 10.5 Å². The van der Waals surface area contributed by atoms with E-state index in [1.165, 1.54) is 6.92 Å². The van der Waals surface area contributed by atoms with Gasteiger partial charge in [-0.3, -0.25) is 10.1 Å². The number of likely N-dealkylation sites (tertiary alicyclic amines) is 1. The summed E-state index contributed by atoms with van der Waals surface area (Å²) in [4.78, 5) is 25.9. The fourth-order valence-corrected chi connectivity index (χ4v) is 3.26. The van der Waals surface area contributed by atoms with Crippen LogP contribution in [0.2, 0.25) is 0 Å². The SMILES string of the molecule is CC(=O)N1CC(COC(=O)Nc2cc(-c3cccs3)ccc2N)C1. The zero-order valence-electron chi connectivity index (χ0n) is 13.3. The van der Waals surface area contributed by atoms with Crippen molar-refractivity contribution in [3.63, 3.8) is 0 Å². The number of ether oxygens (including phenoxy) is 1. The van der Waals surface area contributed by atoms with Crippen LogP contribution < -0.4 is 11.1 Å². The quantitative estimate of drug-likeness (QED) is 0.834. The number of amides is 2. The van der Waals surface area contributed by atoms with Crippen molar-refractivity contribution in [2.75, 3.05) is 30.7 Å². The third-order valence-electron chi connectivity index (χ3n) is 3.95. The summed E-state index contributed by atoms with van der Waals surface area (Å²) in [5.74, 6) is 0.253. The lowest BCUT2D eigenvalue weighted by Crippen LogP contribution is -2.51. The predicted octanol–water partition coefficient (Wildman–Crippen LogP) is 3.02. The second-order valence-corrected chi connectivity index (χ2v) is 6.74. The molecule has 1 aliphatic rings. The average molecular weight is 345 g/mol. The number of rotatable bonds is 4. The summed E-state index contributed by atoms with van der Waals surface area (Å²) in [5, 5.41) is 4.68. The number of anilines is 2. The number of thiophene rings is 1. The van der Waals surface area contributed by atoms with Crippen molar-refractivity contribution in [2.45, 2.75) is 6.92 Å². The third kappa shape index (κ3) is 3.68. The Kier molecular flexibility index (Phi) is 4.71. The van der Waals surface area contributed by atoms with Gasteiger partial charge in [-0.05, 0) is 29.1 Å². The van der Waals surface area contributed by atoms with Crippen LogP contribution in [0.3, 0.4) is 0 Å². The number of nitrogens with two attached hydrogens (primary N) is 1. The van der Waals surface area contributed by atoms with Crippen LogP contribution in [0.4, 0.5) is 16.2 Å². The summed E-state index contributed by atoms with van der Waals surface area (Å²) in [6, 6.07) is 9.50. The first kappa shape index (κ1) is 16.3. The zero-order chi connectivity index (χ0) is 17.1. The van der Waals surface area contributed by atoms with E-state index in [1.54, 1.807) is 22.3 Å². The van der Waals surface area contributed by atoms with E-state index in [2.05, 4.69) is 5.32 Å². The molecular formula is C17H19N3O3S. The molecule has 0 aliphatic carbocycles. The summed E-state index contributed by atoms with van der Waals surface area (Å²) in [6.07, 6.45) is -0.536. The van der Waals surface area contributed by atoms with Gasteiger partial charge < -0.3 is 15.4 Å². The van der Waals surface area contributed by atoms with Crippen LogP contribution in [0, 0.1) is 5.92 Å². The highest BCUT2D eigenvalue weighted by atomic mass is 32.1. The number of carbonyl (C=O) groups excluding carboxylic acids is 2. The molecule has 3 rings (SSSR count). The minimum Gasteiger partial charge on any atom is -0.449 e. The summed E-state index contributed by atoms with van der Waals surface area (Å²) >= 11 is 1.62. The zero-order valence-corrected chi connectivity index (χ0v) is 14.1. The van der Waals surface area contributed by atoms with E-state index in [-0.39, 0.29) is 11.8 Å². The predicted molar refractivity (Wildman–Crippen MR) is 94.9 cm³/mol. The molecule has 1 aliphatic heterocycles. The summed E-state index contributed by atoms with van der Waals surface area (Å²) in [5.41, 5.74) is 7.93. The molecule has 1 aromatic heterocycles. The Morgan fingerprint density at radius 2 is 2.17 bits per heavy atom. The smallest absolute Gasteiger partial charge is 0.411 e. The Hall–Kier alpha value is -2.54. The summed E-state index contributed by atoms with van der Waals surface area (Å²) < 4.78 is 5.22. The number of hydrogen-bond donors (Lipinski definition) is 2. The molecule has 3 N–H and O–H groups in total. The van der Waals surface area contributed by atoms with Gasteiger partial charge in [0.15, 0.2) is 0 Å². The number of nitrogens with one attached hydrogen (secondary N) is 1. The third-order valence-corrected chi connectivity index (χ3v) is 4.87. The standard InChI is InChI=1S/C17H19N3O3S/c1-11(21)20-8-12(9-20)10-23-17(22)19-15-7-13(4-5-14(15)18)16-3-2-6-24-16/h2-7,12H,8-10,18H2,1H3,(H,19,22). The van der Waals surface area contributed by atoms with E-state index in [1.807, 2.05) is 29.6 Å². The molecule has 2 aromatic rings. The van der Waals surface area contributed by atoms with Gasteiger partial charge in [-0.1, -0.05) is 12.1 Å². The second-order valence-electron chi connectivity index (χ2n) is 5.79. The monoisotopic (exact) mass is 345 g/mol. The molecule has 1 fully saturated rings. The maximum absolute atomic E-state index is 12.0. The first-order valence-electron chi connectivity index (χ1n) is 7.65. The van der Waals surface area contributed by atoms with E-state index in [0.29, 0.717) is 31.1 Å². The Morgan fingerprint density at radius 3 is 2.83 bits per heavy atom. The van der Waals surface area contributed by atoms with Crippen LogP contribution in [0.5, 0.6) is 0 Å². The number of nitrogen functional groups attached to an aromatic ring is 1. The van der Waals surface area contributed by atoms with Crippen LogP contribution in [-0.4, -0.2) is 36.6 Å². The molecule has 2 amide bonds. The van der Waals surface area contributed by atoms with Gasteiger partial charge in [-0.15, -0.1) is 11.3 Å². The van der Waals surface area contributed by atoms with Gasteiger partial charge in [0.25, 0.3) is 0 Å². The number of hydrogen-bond acceptors (Lipinski definition) is 5. The fraction of sp³-hybridized carbons (Fsp3) is 0.294. The fourth-order valence-electron chi connectivity index (χ4n) is 2.53. The maximum atomic E-state index is 12.0. The molecule has 0 saturated carbocycles. The summed E-state index contributed by atoms with van der Waals surface area (Å²) in [7, 11) is 0. The molecule has 1 aromatic carbocycles. The van der Waals surface area contributed by atoms with Crippen molar-refractivity contribution in [1.29, 1.82) is 0 Å². The Morgan fingerprint density at radius 1 is 1.38 bits per heavy atom. The van der Waals surface area contributed by atoms with Gasteiger partial charge in [0, 0.05) is 30.8 Å². The molecule has 126 valence electrons. The van der Waals surface area contributed by atoms with Crippen molar-refractivity contribution in [1.82, 2.24) is 4.90 Å². The van der Waals surface area contributed by atoms with Crippen molar-refractivity contribution in [3.8, 4) is 10.4 Å². The molecule has 0 atom stereocenters. The van der Waals surface area contributed by atoms with E-state index in [9.17, 15) is 9.59 Å². The van der Waals surface area contributed by atoms with E-state index < -0.39 is 6.09 Å². The van der Waals surface area contributed by atoms with E-state index in [0.717, 1.165) is 10.4 Å². The van der Waals surface area contributed by atoms with Crippen LogP contribution >= 0.6 is 11.3 Å². The number of nitrogens with zero attached hydrogens (tertiary/aromatic N) is 1. The molecule has 0 bridgehead atoms. The largest absolute Gasteiger partial charge is 0.449 e. The van der Waals surface area contributed by atoms with Gasteiger partial charge in [0.2, 0.25) is 5.91 Å². The van der Waals surface area contributed by atoms with Crippen molar-refractivity contribution < 1.29 is 14.3 Å². The van der Waals surface area contributed by atoms with Crippen molar-refractivity contribution >= 4 is 34.7 Å². The molecule has 1 saturated heterocycles. The molecule has 24 heavy (non-hydrogen) atoms. The van der Waals surface area contributed by atoms with Gasteiger partial charge in [0.05, 0.1) is 18.0 Å². The van der Waals surface area contributed by atoms with Gasteiger partial charge >= 0.3 is 6.09 Å². The summed E-state index contributed by atoms with van der Waals surface area (Å²) in [6.45, 7) is 3.10. The lowest BCUT2D eigenvalue weighted by atomic mass is 10.0. The minimum absolute atomic E-state index is 0.0499. The minimum atomic E-state index is -0.536. The van der Waals surface area contributed by atoms with Crippen LogP contribution in [0.1, 0.15) is 6.92 Å². The molecule has 0 radical (unpaired) electrons. The molecule has 7 heteroatoms. The Bertz CT molecular complexity index is 740. The average Bonchev–Trinajstić information content (AvgIpc) is 3.01. The first-order chi connectivity index (χ1) is 11.5. The second kappa shape index (κ2) is 6.92. The van der Waals surface area contributed by atoms with Crippen molar-refractivity contribution in [2.24, 2.45) is 5.92 Å². The lowest BCUT2D eigenvalue weighted by Gasteiger charge is -2.38. The van der Waals surface area contributed by atoms with Crippen LogP contribution in [0.25, 0.3) is 10.4 Å². The topological polar surface area (TPSA) is 84.7 Å². The van der Waals surface area contributed by atoms with Gasteiger partial charge in [-0.25, -0.2) is 4.79 Å². The highest BCUT2D eigenvalue weighted by Gasteiger charge is 2.29. The molecular weight excluding hydrogens is 326 g/mol. The van der Waals surface area contributed by atoms with Crippen LogP contribution in [0.15, 0.2) is 35.7 Å². The lowest BCUT2D eigenvalue weighted by molar-refractivity contribution is -0.135. The Labute approximate surface area is 144 Å². The highest BCUT2D eigenvalue weighted by Crippen LogP contribution is 2.30. The van der Waals surface area contributed by atoms with Crippen molar-refractivity contribution in [3.05, 3.63) is 35.7 Å². The Balaban J connectivity index is 1.55.